The SMILES string of the molecule is O=C(Nc1ccccc1)Nc1snnc1C(=O)O. The number of carbonyl (C=O) groups is 2. The van der Waals surface area contributed by atoms with Crippen LogP contribution in [0.15, 0.2) is 30.3 Å². The maximum atomic E-state index is 11.6. The van der Waals surface area contributed by atoms with Crippen LogP contribution in [0.5, 0.6) is 0 Å². The number of para-hydroxylation sites is 1. The van der Waals surface area contributed by atoms with Crippen molar-refractivity contribution in [2.24, 2.45) is 0 Å². The minimum absolute atomic E-state index is 0.0935. The molecule has 0 aliphatic heterocycles. The summed E-state index contributed by atoms with van der Waals surface area (Å²) in [6.45, 7) is 0. The highest BCUT2D eigenvalue weighted by Gasteiger charge is 2.17. The highest BCUT2D eigenvalue weighted by Crippen LogP contribution is 2.17. The number of aromatic carboxylic acids is 1. The molecule has 2 rings (SSSR count). The molecule has 1 aromatic carbocycles. The van der Waals surface area contributed by atoms with Gasteiger partial charge in [-0.2, -0.15) is 0 Å². The molecule has 18 heavy (non-hydrogen) atoms. The Balaban J connectivity index is 2.04. The van der Waals surface area contributed by atoms with Gasteiger partial charge in [-0.1, -0.05) is 22.7 Å². The van der Waals surface area contributed by atoms with Crippen LogP contribution in [0.25, 0.3) is 0 Å². The van der Waals surface area contributed by atoms with Gasteiger partial charge in [0.25, 0.3) is 0 Å². The van der Waals surface area contributed by atoms with Crippen molar-refractivity contribution in [3.05, 3.63) is 36.0 Å². The molecule has 0 saturated heterocycles. The molecule has 0 bridgehead atoms. The molecule has 0 aliphatic carbocycles. The molecule has 2 amide bonds. The van der Waals surface area contributed by atoms with Gasteiger partial charge in [0.15, 0.2) is 5.00 Å². The fraction of sp³-hybridized carbons (Fsp3) is 0. The van der Waals surface area contributed by atoms with Gasteiger partial charge in [0.2, 0.25) is 5.69 Å². The van der Waals surface area contributed by atoms with Gasteiger partial charge < -0.3 is 10.4 Å². The smallest absolute Gasteiger partial charge is 0.359 e. The number of hydrogen-bond acceptors (Lipinski definition) is 5. The molecule has 0 radical (unpaired) electrons. The van der Waals surface area contributed by atoms with E-state index in [1.54, 1.807) is 24.3 Å². The number of benzene rings is 1. The molecule has 0 unspecified atom stereocenters. The number of amides is 2. The third-order valence-electron chi connectivity index (χ3n) is 1.95. The molecular weight excluding hydrogens is 256 g/mol. The van der Waals surface area contributed by atoms with Gasteiger partial charge in [0.05, 0.1) is 0 Å². The second kappa shape index (κ2) is 5.23. The predicted molar refractivity (Wildman–Crippen MR) is 66.0 cm³/mol. The molecule has 8 heteroatoms. The fourth-order valence-corrected chi connectivity index (χ4v) is 1.76. The minimum Gasteiger partial charge on any atom is -0.476 e. The maximum Gasteiger partial charge on any atom is 0.359 e. The summed E-state index contributed by atoms with van der Waals surface area (Å²) in [6, 6.07) is 8.23. The lowest BCUT2D eigenvalue weighted by Crippen LogP contribution is -2.20. The van der Waals surface area contributed by atoms with Crippen LogP contribution >= 0.6 is 11.5 Å². The van der Waals surface area contributed by atoms with E-state index in [1.165, 1.54) is 0 Å². The van der Waals surface area contributed by atoms with Crippen molar-refractivity contribution in [3.8, 4) is 0 Å². The van der Waals surface area contributed by atoms with Crippen LogP contribution in [0.3, 0.4) is 0 Å². The molecule has 1 heterocycles. The van der Waals surface area contributed by atoms with Gasteiger partial charge in [-0.25, -0.2) is 9.59 Å². The van der Waals surface area contributed by atoms with Crippen molar-refractivity contribution in [1.29, 1.82) is 0 Å². The Kier molecular flexibility index (Phi) is 3.49. The number of carboxylic acid groups (broad SMARTS) is 1. The second-order valence-corrected chi connectivity index (χ2v) is 3.96. The van der Waals surface area contributed by atoms with E-state index in [9.17, 15) is 9.59 Å². The molecule has 0 atom stereocenters. The van der Waals surface area contributed by atoms with E-state index < -0.39 is 12.0 Å². The summed E-state index contributed by atoms with van der Waals surface area (Å²) in [7, 11) is 0. The first-order valence-corrected chi connectivity index (χ1v) is 5.63. The Morgan fingerprint density at radius 2 is 1.89 bits per heavy atom. The first-order chi connectivity index (χ1) is 8.66. The first kappa shape index (κ1) is 12.0. The average Bonchev–Trinajstić information content (AvgIpc) is 2.78. The number of rotatable bonds is 3. The Bertz CT molecular complexity index is 570. The zero-order chi connectivity index (χ0) is 13.0. The van der Waals surface area contributed by atoms with Gasteiger partial charge in [-0.3, -0.25) is 5.32 Å². The van der Waals surface area contributed by atoms with Crippen LogP contribution in [-0.4, -0.2) is 26.7 Å². The van der Waals surface area contributed by atoms with Crippen LogP contribution in [0.4, 0.5) is 15.5 Å². The van der Waals surface area contributed by atoms with Crippen LogP contribution in [0.2, 0.25) is 0 Å². The molecule has 92 valence electrons. The van der Waals surface area contributed by atoms with Crippen LogP contribution in [0.1, 0.15) is 10.5 Å². The predicted octanol–water partition coefficient (Wildman–Crippen LogP) is 1.88. The normalized spacial score (nSPS) is 9.78. The highest BCUT2D eigenvalue weighted by atomic mass is 32.1. The number of urea groups is 1. The molecule has 0 spiro atoms. The van der Waals surface area contributed by atoms with Gasteiger partial charge in [-0.05, 0) is 12.1 Å². The Morgan fingerprint density at radius 3 is 2.56 bits per heavy atom. The third kappa shape index (κ3) is 2.80. The van der Waals surface area contributed by atoms with Crippen molar-refractivity contribution >= 4 is 34.2 Å². The zero-order valence-corrected chi connectivity index (χ0v) is 9.77. The maximum absolute atomic E-state index is 11.6. The van der Waals surface area contributed by atoms with E-state index >= 15 is 0 Å². The van der Waals surface area contributed by atoms with Gasteiger partial charge in [0, 0.05) is 17.2 Å². The molecule has 0 fully saturated rings. The molecule has 1 aromatic heterocycles. The van der Waals surface area contributed by atoms with Crippen LogP contribution < -0.4 is 10.6 Å². The number of anilines is 2. The van der Waals surface area contributed by atoms with Gasteiger partial charge in [-0.15, -0.1) is 5.10 Å². The summed E-state index contributed by atoms with van der Waals surface area (Å²) in [5.41, 5.74) is 0.326. The van der Waals surface area contributed by atoms with Crippen molar-refractivity contribution < 1.29 is 14.7 Å². The third-order valence-corrected chi connectivity index (χ3v) is 2.59. The number of carbonyl (C=O) groups excluding carboxylic acids is 1. The number of hydrogen-bond donors (Lipinski definition) is 3. The summed E-state index contributed by atoms with van der Waals surface area (Å²) in [5, 5.41) is 17.2. The molecular formula is C10H8N4O3S. The van der Waals surface area contributed by atoms with Crippen molar-refractivity contribution in [3.63, 3.8) is 0 Å². The summed E-state index contributed by atoms with van der Waals surface area (Å²) in [6.07, 6.45) is 0. The fourth-order valence-electron chi connectivity index (χ4n) is 1.20. The Morgan fingerprint density at radius 1 is 1.17 bits per heavy atom. The number of nitrogens with one attached hydrogen (secondary N) is 2. The van der Waals surface area contributed by atoms with Crippen LogP contribution in [-0.2, 0) is 0 Å². The molecule has 0 saturated carbocycles. The van der Waals surface area contributed by atoms with Crippen molar-refractivity contribution in [2.75, 3.05) is 10.6 Å². The summed E-state index contributed by atoms with van der Waals surface area (Å²) in [5.74, 6) is -1.24. The lowest BCUT2D eigenvalue weighted by Gasteiger charge is -2.05. The van der Waals surface area contributed by atoms with Crippen molar-refractivity contribution in [2.45, 2.75) is 0 Å². The van der Waals surface area contributed by atoms with E-state index in [0.717, 1.165) is 11.5 Å². The molecule has 2 aromatic rings. The van der Waals surface area contributed by atoms with E-state index in [0.29, 0.717) is 5.69 Å². The lowest BCUT2D eigenvalue weighted by atomic mass is 10.3. The van der Waals surface area contributed by atoms with Crippen molar-refractivity contribution in [1.82, 2.24) is 9.59 Å². The largest absolute Gasteiger partial charge is 0.476 e. The molecule has 3 N–H and O–H groups in total. The van der Waals surface area contributed by atoms with Crippen LogP contribution in [0, 0.1) is 0 Å². The monoisotopic (exact) mass is 264 g/mol. The Hall–Kier alpha value is -2.48. The summed E-state index contributed by atoms with van der Waals surface area (Å²) >= 11 is 0.803. The summed E-state index contributed by atoms with van der Waals surface area (Å²) in [4.78, 5) is 22.3. The van der Waals surface area contributed by atoms with E-state index in [1.807, 2.05) is 6.07 Å². The zero-order valence-electron chi connectivity index (χ0n) is 8.95. The number of carboxylic acids is 1. The average molecular weight is 264 g/mol. The van der Waals surface area contributed by atoms with E-state index in [4.69, 9.17) is 5.11 Å². The standard InChI is InChI=1S/C10H8N4O3S/c15-9(16)7-8(18-14-13-7)12-10(17)11-6-4-2-1-3-5-6/h1-5H,(H,15,16)(H2,11,12,17). The quantitative estimate of drug-likeness (QED) is 0.785. The summed E-state index contributed by atoms with van der Waals surface area (Å²) < 4.78 is 3.47. The van der Waals surface area contributed by atoms with Gasteiger partial charge in [0.1, 0.15) is 0 Å². The number of nitrogens with zero attached hydrogens (tertiary/aromatic N) is 2. The Labute approximate surface area is 106 Å². The minimum atomic E-state index is -1.24. The molecule has 0 aliphatic rings. The highest BCUT2D eigenvalue weighted by molar-refractivity contribution is 7.10. The number of aromatic nitrogens is 2. The second-order valence-electron chi connectivity index (χ2n) is 3.20. The van der Waals surface area contributed by atoms with E-state index in [-0.39, 0.29) is 10.7 Å². The van der Waals surface area contributed by atoms with Gasteiger partial charge >= 0.3 is 12.0 Å². The van der Waals surface area contributed by atoms with E-state index in [2.05, 4.69) is 20.2 Å². The molecule has 7 nitrogen and oxygen atoms in total. The first-order valence-electron chi connectivity index (χ1n) is 4.85. The lowest BCUT2D eigenvalue weighted by molar-refractivity contribution is 0.0691. The topological polar surface area (TPSA) is 104 Å².